The second kappa shape index (κ2) is 2.23. The fourth-order valence-corrected chi connectivity index (χ4v) is 0.835. The molecule has 1 heterocycles. The van der Waals surface area contributed by atoms with Gasteiger partial charge in [-0.25, -0.2) is 4.79 Å². The minimum Gasteiger partial charge on any atom is -0.376 e. The minimum atomic E-state index is -0.164. The summed E-state index contributed by atoms with van der Waals surface area (Å²) in [6.45, 7) is 1.20. The standard InChI is InChI=1S/C5H10N2O2/c1-6-2-3-7(4-8)5(6)9/h8H,2-4H2,1H3. The highest BCUT2D eigenvalue weighted by atomic mass is 16.3. The third-order valence-electron chi connectivity index (χ3n) is 1.47. The first-order valence-electron chi connectivity index (χ1n) is 2.86. The molecule has 0 unspecified atom stereocenters. The Labute approximate surface area is 53.7 Å². The molecule has 0 saturated carbocycles. The first kappa shape index (κ1) is 6.35. The topological polar surface area (TPSA) is 43.8 Å². The molecule has 0 aromatic rings. The van der Waals surface area contributed by atoms with Gasteiger partial charge in [0.05, 0.1) is 0 Å². The highest BCUT2D eigenvalue weighted by molar-refractivity contribution is 5.75. The van der Waals surface area contributed by atoms with E-state index >= 15 is 0 Å². The summed E-state index contributed by atoms with van der Waals surface area (Å²) in [6, 6.07) is -0.0856. The summed E-state index contributed by atoms with van der Waals surface area (Å²) in [7, 11) is 1.72. The Morgan fingerprint density at radius 2 is 2.33 bits per heavy atom. The lowest BCUT2D eigenvalue weighted by molar-refractivity contribution is 0.136. The molecule has 0 aliphatic carbocycles. The van der Waals surface area contributed by atoms with Crippen LogP contribution in [0.2, 0.25) is 0 Å². The summed E-state index contributed by atoms with van der Waals surface area (Å²) >= 11 is 0. The second-order valence-corrected chi connectivity index (χ2v) is 2.11. The Hall–Kier alpha value is -0.770. The van der Waals surface area contributed by atoms with E-state index in [2.05, 4.69) is 0 Å². The van der Waals surface area contributed by atoms with E-state index < -0.39 is 0 Å². The number of nitrogens with zero attached hydrogens (tertiary/aromatic N) is 2. The summed E-state index contributed by atoms with van der Waals surface area (Å²) in [4.78, 5) is 13.8. The molecule has 0 aromatic carbocycles. The van der Waals surface area contributed by atoms with E-state index in [0.717, 1.165) is 6.54 Å². The van der Waals surface area contributed by atoms with Crippen molar-refractivity contribution in [2.24, 2.45) is 0 Å². The zero-order valence-electron chi connectivity index (χ0n) is 5.37. The number of carbonyl (C=O) groups is 1. The number of urea groups is 1. The third-order valence-corrected chi connectivity index (χ3v) is 1.47. The van der Waals surface area contributed by atoms with E-state index in [4.69, 9.17) is 5.11 Å². The van der Waals surface area contributed by atoms with E-state index in [0.29, 0.717) is 6.54 Å². The van der Waals surface area contributed by atoms with Crippen LogP contribution in [0.5, 0.6) is 0 Å². The van der Waals surface area contributed by atoms with Gasteiger partial charge in [-0.1, -0.05) is 0 Å². The molecule has 2 amide bonds. The van der Waals surface area contributed by atoms with E-state index in [1.165, 1.54) is 4.90 Å². The van der Waals surface area contributed by atoms with Crippen molar-refractivity contribution in [2.75, 3.05) is 26.9 Å². The van der Waals surface area contributed by atoms with Crippen LogP contribution in [0.1, 0.15) is 0 Å². The lowest BCUT2D eigenvalue weighted by atomic mass is 10.6. The number of rotatable bonds is 1. The zero-order valence-corrected chi connectivity index (χ0v) is 5.37. The predicted molar refractivity (Wildman–Crippen MR) is 31.8 cm³/mol. The monoisotopic (exact) mass is 130 g/mol. The summed E-state index contributed by atoms with van der Waals surface area (Å²) in [5, 5.41) is 8.53. The van der Waals surface area contributed by atoms with Crippen LogP contribution in [0, 0.1) is 0 Å². The Morgan fingerprint density at radius 1 is 1.67 bits per heavy atom. The number of aliphatic hydroxyl groups is 1. The smallest absolute Gasteiger partial charge is 0.321 e. The van der Waals surface area contributed by atoms with Gasteiger partial charge in [0, 0.05) is 20.1 Å². The van der Waals surface area contributed by atoms with Crippen LogP contribution in [0.15, 0.2) is 0 Å². The highest BCUT2D eigenvalue weighted by Crippen LogP contribution is 2.02. The molecule has 0 radical (unpaired) electrons. The maximum absolute atomic E-state index is 10.8. The molecule has 9 heavy (non-hydrogen) atoms. The Kier molecular flexibility index (Phi) is 1.57. The molecule has 0 bridgehead atoms. The number of carbonyl (C=O) groups excluding carboxylic acids is 1. The van der Waals surface area contributed by atoms with Gasteiger partial charge in [-0.2, -0.15) is 0 Å². The first-order valence-corrected chi connectivity index (χ1v) is 2.86. The maximum atomic E-state index is 10.8. The van der Waals surface area contributed by atoms with Gasteiger partial charge in [0.2, 0.25) is 0 Å². The van der Waals surface area contributed by atoms with E-state index in [-0.39, 0.29) is 12.8 Å². The largest absolute Gasteiger partial charge is 0.376 e. The first-order chi connectivity index (χ1) is 4.25. The number of likely N-dealkylation sites (N-methyl/N-ethyl adjacent to an activating group) is 1. The molecule has 0 atom stereocenters. The zero-order chi connectivity index (χ0) is 6.85. The molecule has 1 saturated heterocycles. The Morgan fingerprint density at radius 3 is 2.56 bits per heavy atom. The van der Waals surface area contributed by atoms with Crippen molar-refractivity contribution in [3.63, 3.8) is 0 Å². The van der Waals surface area contributed by atoms with Gasteiger partial charge in [-0.15, -0.1) is 0 Å². The molecule has 1 fully saturated rings. The lowest BCUT2D eigenvalue weighted by Gasteiger charge is -2.10. The summed E-state index contributed by atoms with van der Waals surface area (Å²) in [5.74, 6) is 0. The minimum absolute atomic E-state index is 0.0856. The average Bonchev–Trinajstić information content (AvgIpc) is 2.15. The van der Waals surface area contributed by atoms with Crippen molar-refractivity contribution in [1.82, 2.24) is 9.80 Å². The highest BCUT2D eigenvalue weighted by Gasteiger charge is 2.23. The summed E-state index contributed by atoms with van der Waals surface area (Å²) < 4.78 is 0. The van der Waals surface area contributed by atoms with Crippen LogP contribution < -0.4 is 0 Å². The normalized spacial score (nSPS) is 19.6. The molecule has 4 nitrogen and oxygen atoms in total. The fourth-order valence-electron chi connectivity index (χ4n) is 0.835. The Balaban J connectivity index is 2.51. The quantitative estimate of drug-likeness (QED) is 0.510. The van der Waals surface area contributed by atoms with Gasteiger partial charge >= 0.3 is 6.03 Å². The van der Waals surface area contributed by atoms with Crippen molar-refractivity contribution in [3.8, 4) is 0 Å². The van der Waals surface area contributed by atoms with Crippen molar-refractivity contribution in [2.45, 2.75) is 0 Å². The number of amides is 2. The fraction of sp³-hybridized carbons (Fsp3) is 0.800. The number of hydrogen-bond donors (Lipinski definition) is 1. The second-order valence-electron chi connectivity index (χ2n) is 2.11. The molecule has 1 rings (SSSR count). The van der Waals surface area contributed by atoms with Crippen molar-refractivity contribution in [1.29, 1.82) is 0 Å². The SMILES string of the molecule is CN1CCN(CO)C1=O. The van der Waals surface area contributed by atoms with Gasteiger partial charge < -0.3 is 10.0 Å². The van der Waals surface area contributed by atoms with Crippen LogP contribution >= 0.6 is 0 Å². The molecule has 1 aliphatic rings. The van der Waals surface area contributed by atoms with Crippen LogP contribution in [-0.4, -0.2) is 47.8 Å². The van der Waals surface area contributed by atoms with Crippen molar-refractivity contribution < 1.29 is 9.90 Å². The molecule has 0 spiro atoms. The van der Waals surface area contributed by atoms with E-state index in [1.807, 2.05) is 0 Å². The molecule has 4 heteroatoms. The van der Waals surface area contributed by atoms with Crippen LogP contribution in [-0.2, 0) is 0 Å². The van der Waals surface area contributed by atoms with E-state index in [9.17, 15) is 4.79 Å². The predicted octanol–water partition coefficient (Wildman–Crippen LogP) is -0.696. The van der Waals surface area contributed by atoms with Gasteiger partial charge in [0.1, 0.15) is 6.73 Å². The van der Waals surface area contributed by atoms with E-state index in [1.54, 1.807) is 11.9 Å². The van der Waals surface area contributed by atoms with Gasteiger partial charge in [-0.3, -0.25) is 4.90 Å². The average molecular weight is 130 g/mol. The van der Waals surface area contributed by atoms with Crippen LogP contribution in [0.3, 0.4) is 0 Å². The molecular formula is C5H10N2O2. The molecule has 52 valence electrons. The molecular weight excluding hydrogens is 120 g/mol. The van der Waals surface area contributed by atoms with Gasteiger partial charge in [-0.05, 0) is 0 Å². The Bertz CT molecular complexity index is 126. The maximum Gasteiger partial charge on any atom is 0.321 e. The number of aliphatic hydroxyl groups excluding tert-OH is 1. The van der Waals surface area contributed by atoms with Crippen LogP contribution in [0.25, 0.3) is 0 Å². The van der Waals surface area contributed by atoms with Crippen molar-refractivity contribution >= 4 is 6.03 Å². The third kappa shape index (κ3) is 0.977. The number of hydrogen-bond acceptors (Lipinski definition) is 2. The van der Waals surface area contributed by atoms with Gasteiger partial charge in [0.15, 0.2) is 0 Å². The summed E-state index contributed by atoms with van der Waals surface area (Å²) in [5.41, 5.74) is 0. The molecule has 1 N–H and O–H groups in total. The summed E-state index contributed by atoms with van der Waals surface area (Å²) in [6.07, 6.45) is 0. The lowest BCUT2D eigenvalue weighted by Crippen LogP contribution is -2.29. The van der Waals surface area contributed by atoms with Crippen LogP contribution in [0.4, 0.5) is 4.79 Å². The van der Waals surface area contributed by atoms with Crippen molar-refractivity contribution in [3.05, 3.63) is 0 Å². The molecule has 0 aromatic heterocycles. The van der Waals surface area contributed by atoms with Gasteiger partial charge in [0.25, 0.3) is 0 Å². The molecule has 1 aliphatic heterocycles.